The molecule has 2 atom stereocenters. The molecule has 1 aliphatic rings. The normalized spacial score (nSPS) is 23.1. The summed E-state index contributed by atoms with van der Waals surface area (Å²) in [6, 6.07) is 5.90. The highest BCUT2D eigenvalue weighted by Crippen LogP contribution is 2.35. The van der Waals surface area contributed by atoms with Crippen LogP contribution in [-0.2, 0) is 30.2 Å². The molecule has 1 aromatic carbocycles. The molecule has 0 spiro atoms. The molecule has 1 aliphatic carbocycles. The molecule has 0 bridgehead atoms. The van der Waals surface area contributed by atoms with Gasteiger partial charge in [-0.3, -0.25) is 4.79 Å². The van der Waals surface area contributed by atoms with Crippen molar-refractivity contribution < 1.29 is 23.8 Å². The summed E-state index contributed by atoms with van der Waals surface area (Å²) in [6.45, 7) is 5.92. The van der Waals surface area contributed by atoms with Crippen LogP contribution in [0.15, 0.2) is 18.2 Å². The van der Waals surface area contributed by atoms with Gasteiger partial charge in [-0.1, -0.05) is 24.6 Å². The van der Waals surface area contributed by atoms with Crippen molar-refractivity contribution in [1.82, 2.24) is 0 Å². The Hall–Kier alpha value is -1.88. The Morgan fingerprint density at radius 1 is 1.20 bits per heavy atom. The molecule has 1 aromatic rings. The molecule has 25 heavy (non-hydrogen) atoms. The largest absolute Gasteiger partial charge is 0.463 e. The van der Waals surface area contributed by atoms with Crippen LogP contribution in [0, 0.1) is 13.8 Å². The van der Waals surface area contributed by atoms with Crippen molar-refractivity contribution in [1.29, 1.82) is 0 Å². The molecule has 0 N–H and O–H groups in total. The van der Waals surface area contributed by atoms with Gasteiger partial charge in [-0.25, -0.2) is 4.79 Å². The third kappa shape index (κ3) is 4.21. The fourth-order valence-electron chi connectivity index (χ4n) is 3.58. The van der Waals surface area contributed by atoms with E-state index in [1.54, 1.807) is 14.0 Å². The second-order valence-electron chi connectivity index (χ2n) is 6.60. The molecule has 0 aliphatic heterocycles. The van der Waals surface area contributed by atoms with Crippen LogP contribution in [0.2, 0.25) is 0 Å². The van der Waals surface area contributed by atoms with Gasteiger partial charge in [0.15, 0.2) is 0 Å². The minimum Gasteiger partial charge on any atom is -0.463 e. The summed E-state index contributed by atoms with van der Waals surface area (Å²) >= 11 is 0. The van der Waals surface area contributed by atoms with Crippen LogP contribution in [0.5, 0.6) is 0 Å². The van der Waals surface area contributed by atoms with Crippen LogP contribution in [0.1, 0.15) is 49.3 Å². The third-order valence-corrected chi connectivity index (χ3v) is 4.95. The highest BCUT2D eigenvalue weighted by Gasteiger charge is 2.52. The van der Waals surface area contributed by atoms with Crippen molar-refractivity contribution in [2.75, 3.05) is 13.7 Å². The molecule has 0 aromatic heterocycles. The van der Waals surface area contributed by atoms with Crippen LogP contribution in [0.3, 0.4) is 0 Å². The first-order chi connectivity index (χ1) is 11.9. The highest BCUT2D eigenvalue weighted by molar-refractivity contribution is 5.85. The van der Waals surface area contributed by atoms with Gasteiger partial charge in [0.1, 0.15) is 6.10 Å². The van der Waals surface area contributed by atoms with Gasteiger partial charge < -0.3 is 14.2 Å². The molecule has 1 saturated carbocycles. The monoisotopic (exact) mass is 348 g/mol. The van der Waals surface area contributed by atoms with Crippen molar-refractivity contribution in [3.8, 4) is 0 Å². The molecule has 5 nitrogen and oxygen atoms in total. The summed E-state index contributed by atoms with van der Waals surface area (Å²) in [6.07, 6.45) is 2.51. The predicted octanol–water partition coefficient (Wildman–Crippen LogP) is 3.28. The maximum Gasteiger partial charge on any atom is 0.353 e. The van der Waals surface area contributed by atoms with E-state index in [0.717, 1.165) is 29.5 Å². The number of aryl methyl sites for hydroxylation is 2. The molecule has 0 saturated heterocycles. The summed E-state index contributed by atoms with van der Waals surface area (Å²) < 4.78 is 16.5. The fraction of sp³-hybridized carbons (Fsp3) is 0.600. The van der Waals surface area contributed by atoms with E-state index in [4.69, 9.17) is 14.2 Å². The number of hydrogen-bond donors (Lipinski definition) is 0. The van der Waals surface area contributed by atoms with Gasteiger partial charge in [-0.2, -0.15) is 0 Å². The van der Waals surface area contributed by atoms with E-state index in [2.05, 4.69) is 0 Å². The van der Waals surface area contributed by atoms with Crippen LogP contribution < -0.4 is 0 Å². The topological polar surface area (TPSA) is 61.8 Å². The lowest BCUT2D eigenvalue weighted by Gasteiger charge is -2.40. The number of rotatable bonds is 6. The van der Waals surface area contributed by atoms with E-state index in [-0.39, 0.29) is 13.0 Å². The molecule has 0 amide bonds. The van der Waals surface area contributed by atoms with Crippen LogP contribution >= 0.6 is 0 Å². The van der Waals surface area contributed by atoms with Crippen LogP contribution in [0.25, 0.3) is 0 Å². The maximum atomic E-state index is 12.7. The molecule has 138 valence electrons. The van der Waals surface area contributed by atoms with E-state index in [9.17, 15) is 9.59 Å². The lowest BCUT2D eigenvalue weighted by Crippen LogP contribution is -2.56. The Balaban J connectivity index is 2.24. The van der Waals surface area contributed by atoms with Crippen LogP contribution in [-0.4, -0.2) is 37.4 Å². The first-order valence-electron chi connectivity index (χ1n) is 8.91. The Bertz CT molecular complexity index is 604. The van der Waals surface area contributed by atoms with Crippen molar-refractivity contribution in [2.45, 2.75) is 64.6 Å². The summed E-state index contributed by atoms with van der Waals surface area (Å²) in [5, 5.41) is 0. The van der Waals surface area contributed by atoms with Crippen LogP contribution in [0.4, 0.5) is 0 Å². The first-order valence-corrected chi connectivity index (χ1v) is 8.91. The van der Waals surface area contributed by atoms with E-state index < -0.39 is 23.6 Å². The maximum absolute atomic E-state index is 12.7. The number of ether oxygens (including phenoxy) is 3. The molecule has 2 rings (SSSR count). The number of benzene rings is 1. The molecular formula is C20H28O5. The fourth-order valence-corrected chi connectivity index (χ4v) is 3.58. The van der Waals surface area contributed by atoms with Crippen molar-refractivity contribution >= 4 is 11.9 Å². The molecule has 1 fully saturated rings. The zero-order valence-electron chi connectivity index (χ0n) is 15.6. The number of esters is 2. The zero-order valence-corrected chi connectivity index (χ0v) is 15.6. The lowest BCUT2D eigenvalue weighted by atomic mass is 9.81. The van der Waals surface area contributed by atoms with E-state index >= 15 is 0 Å². The Morgan fingerprint density at radius 2 is 1.88 bits per heavy atom. The van der Waals surface area contributed by atoms with Crippen molar-refractivity contribution in [3.05, 3.63) is 34.9 Å². The summed E-state index contributed by atoms with van der Waals surface area (Å²) in [7, 11) is 1.54. The van der Waals surface area contributed by atoms with E-state index in [1.165, 1.54) is 0 Å². The summed E-state index contributed by atoms with van der Waals surface area (Å²) in [5.41, 5.74) is 1.68. The molecular weight excluding hydrogens is 320 g/mol. The number of carbonyl (C=O) groups excluding carboxylic acids is 2. The van der Waals surface area contributed by atoms with Gasteiger partial charge in [0.25, 0.3) is 0 Å². The molecule has 0 heterocycles. The summed E-state index contributed by atoms with van der Waals surface area (Å²) in [5.74, 6) is -0.925. The molecule has 2 unspecified atom stereocenters. The number of hydrogen-bond acceptors (Lipinski definition) is 5. The zero-order chi connectivity index (χ0) is 18.4. The Kier molecular flexibility index (Phi) is 6.59. The average Bonchev–Trinajstić information content (AvgIpc) is 2.59. The second-order valence-corrected chi connectivity index (χ2v) is 6.60. The molecule has 0 radical (unpaired) electrons. The first kappa shape index (κ1) is 19.4. The average molecular weight is 348 g/mol. The van der Waals surface area contributed by atoms with E-state index in [0.29, 0.717) is 12.8 Å². The minimum atomic E-state index is -1.34. The van der Waals surface area contributed by atoms with Gasteiger partial charge in [-0.15, -0.1) is 0 Å². The van der Waals surface area contributed by atoms with Gasteiger partial charge in [0.05, 0.1) is 13.0 Å². The Labute approximate surface area is 149 Å². The standard InChI is InChI=1S/C20H28O5/c1-5-24-19(22)20(12-7-6-11-17(20)23-4)25-18(21)13-16-14(2)9-8-10-15(16)3/h8-10,17H,5-7,11-13H2,1-4H3. The van der Waals surface area contributed by atoms with E-state index in [1.807, 2.05) is 32.0 Å². The van der Waals surface area contributed by atoms with Gasteiger partial charge in [-0.05, 0) is 50.3 Å². The van der Waals surface area contributed by atoms with Gasteiger partial charge in [0, 0.05) is 13.5 Å². The molecule has 5 heteroatoms. The highest BCUT2D eigenvalue weighted by atomic mass is 16.6. The summed E-state index contributed by atoms with van der Waals surface area (Å²) in [4.78, 5) is 25.3. The number of methoxy groups -OCH3 is 1. The van der Waals surface area contributed by atoms with Crippen molar-refractivity contribution in [3.63, 3.8) is 0 Å². The smallest absolute Gasteiger partial charge is 0.353 e. The minimum absolute atomic E-state index is 0.135. The predicted molar refractivity (Wildman–Crippen MR) is 94.3 cm³/mol. The Morgan fingerprint density at radius 3 is 2.48 bits per heavy atom. The lowest BCUT2D eigenvalue weighted by molar-refractivity contribution is -0.204. The quantitative estimate of drug-likeness (QED) is 0.738. The second kappa shape index (κ2) is 8.48. The SMILES string of the molecule is CCOC(=O)C1(OC(=O)Cc2c(C)cccc2C)CCCCC1OC. The van der Waals surface area contributed by atoms with Gasteiger partial charge >= 0.3 is 11.9 Å². The van der Waals surface area contributed by atoms with Crippen molar-refractivity contribution in [2.24, 2.45) is 0 Å². The van der Waals surface area contributed by atoms with Gasteiger partial charge in [0.2, 0.25) is 5.60 Å². The third-order valence-electron chi connectivity index (χ3n) is 4.95. The number of carbonyl (C=O) groups is 2.